The number of halogens is 1. The van der Waals surface area contributed by atoms with E-state index in [1.165, 1.54) is 22.5 Å². The standard InChI is InChI=1S/C17H21FN2O5S/c18-17(16(22)23)8-11-19(12-17)15(21)13-6-2-3-7-14(13)26(24,25)20-9-4-1-5-10-20/h2-3,6-7H,1,4-5,8-12H2,(H,22,23). The van der Waals surface area contributed by atoms with E-state index >= 15 is 0 Å². The van der Waals surface area contributed by atoms with Gasteiger partial charge in [-0.05, 0) is 25.0 Å². The van der Waals surface area contributed by atoms with Gasteiger partial charge < -0.3 is 10.0 Å². The summed E-state index contributed by atoms with van der Waals surface area (Å²) in [7, 11) is -3.84. The van der Waals surface area contributed by atoms with Crippen LogP contribution in [-0.4, -0.2) is 66.5 Å². The monoisotopic (exact) mass is 384 g/mol. The third-order valence-electron chi connectivity index (χ3n) is 4.94. The molecule has 26 heavy (non-hydrogen) atoms. The van der Waals surface area contributed by atoms with Crippen molar-refractivity contribution in [3.05, 3.63) is 29.8 Å². The Morgan fingerprint density at radius 2 is 1.73 bits per heavy atom. The minimum absolute atomic E-state index is 0.0484. The highest BCUT2D eigenvalue weighted by Crippen LogP contribution is 2.29. The van der Waals surface area contributed by atoms with Crippen LogP contribution in [0.25, 0.3) is 0 Å². The predicted octanol–water partition coefficient (Wildman–Crippen LogP) is 1.50. The fourth-order valence-corrected chi connectivity index (χ4v) is 5.10. The highest BCUT2D eigenvalue weighted by atomic mass is 32.2. The molecule has 0 bridgehead atoms. The Hall–Kier alpha value is -2.00. The topological polar surface area (TPSA) is 95.0 Å². The maximum atomic E-state index is 14.3. The number of nitrogens with zero attached hydrogens (tertiary/aromatic N) is 2. The zero-order valence-corrected chi connectivity index (χ0v) is 15.0. The minimum atomic E-state index is -3.84. The molecule has 9 heteroatoms. The first kappa shape index (κ1) is 18.8. The molecule has 2 fully saturated rings. The van der Waals surface area contributed by atoms with Crippen molar-refractivity contribution in [3.8, 4) is 0 Å². The van der Waals surface area contributed by atoms with E-state index in [-0.39, 0.29) is 23.4 Å². The van der Waals surface area contributed by atoms with Crippen LogP contribution in [0.4, 0.5) is 4.39 Å². The number of hydrogen-bond donors (Lipinski definition) is 1. The number of amides is 1. The molecule has 0 aliphatic carbocycles. The van der Waals surface area contributed by atoms with Gasteiger partial charge in [0, 0.05) is 26.1 Å². The van der Waals surface area contributed by atoms with Gasteiger partial charge in [-0.2, -0.15) is 4.31 Å². The van der Waals surface area contributed by atoms with Crippen LogP contribution in [0.2, 0.25) is 0 Å². The smallest absolute Gasteiger partial charge is 0.343 e. The summed E-state index contributed by atoms with van der Waals surface area (Å²) in [6.45, 7) is 0.154. The highest BCUT2D eigenvalue weighted by Gasteiger charge is 2.47. The van der Waals surface area contributed by atoms with Crippen LogP contribution in [0.3, 0.4) is 0 Å². The van der Waals surface area contributed by atoms with Crippen LogP contribution < -0.4 is 0 Å². The lowest BCUT2D eigenvalue weighted by Crippen LogP contribution is -2.40. The summed E-state index contributed by atoms with van der Waals surface area (Å²) < 4.78 is 41.5. The van der Waals surface area contributed by atoms with Crippen molar-refractivity contribution in [1.29, 1.82) is 0 Å². The predicted molar refractivity (Wildman–Crippen MR) is 91.0 cm³/mol. The molecule has 0 aromatic heterocycles. The van der Waals surface area contributed by atoms with Crippen LogP contribution >= 0.6 is 0 Å². The number of sulfonamides is 1. The molecule has 2 saturated heterocycles. The maximum absolute atomic E-state index is 14.3. The molecule has 1 atom stereocenters. The van der Waals surface area contributed by atoms with Gasteiger partial charge >= 0.3 is 5.97 Å². The fourth-order valence-electron chi connectivity index (χ4n) is 3.40. The number of carbonyl (C=O) groups is 2. The fraction of sp³-hybridized carbons (Fsp3) is 0.529. The second-order valence-electron chi connectivity index (χ2n) is 6.71. The van der Waals surface area contributed by atoms with E-state index < -0.39 is 34.1 Å². The summed E-state index contributed by atoms with van der Waals surface area (Å²) >= 11 is 0. The molecular formula is C17H21FN2O5S. The van der Waals surface area contributed by atoms with Crippen molar-refractivity contribution < 1.29 is 27.5 Å². The molecule has 3 rings (SSSR count). The third-order valence-corrected chi connectivity index (χ3v) is 6.90. The van der Waals surface area contributed by atoms with E-state index in [1.54, 1.807) is 6.07 Å². The highest BCUT2D eigenvalue weighted by molar-refractivity contribution is 7.89. The number of aliphatic carboxylic acids is 1. The number of carbonyl (C=O) groups excluding carboxylic acids is 1. The Kier molecular flexibility index (Phi) is 5.03. The Balaban J connectivity index is 1.90. The first-order valence-electron chi connectivity index (χ1n) is 8.56. The summed E-state index contributed by atoms with van der Waals surface area (Å²) in [5.41, 5.74) is -2.54. The second-order valence-corrected chi connectivity index (χ2v) is 8.61. The van der Waals surface area contributed by atoms with Crippen LogP contribution in [0.15, 0.2) is 29.2 Å². The Bertz CT molecular complexity index is 822. The van der Waals surface area contributed by atoms with Gasteiger partial charge in [-0.25, -0.2) is 17.6 Å². The van der Waals surface area contributed by atoms with E-state index in [0.717, 1.165) is 24.2 Å². The summed E-state index contributed by atoms with van der Waals surface area (Å²) in [6.07, 6.45) is 2.19. The number of hydrogen-bond acceptors (Lipinski definition) is 4. The molecule has 2 aliphatic rings. The molecule has 142 valence electrons. The largest absolute Gasteiger partial charge is 0.479 e. The van der Waals surface area contributed by atoms with Crippen molar-refractivity contribution in [1.82, 2.24) is 9.21 Å². The van der Waals surface area contributed by atoms with Crippen molar-refractivity contribution in [2.75, 3.05) is 26.2 Å². The van der Waals surface area contributed by atoms with Gasteiger partial charge in [0.15, 0.2) is 0 Å². The van der Waals surface area contributed by atoms with E-state index in [9.17, 15) is 22.4 Å². The molecule has 0 spiro atoms. The van der Waals surface area contributed by atoms with E-state index in [2.05, 4.69) is 0 Å². The zero-order chi connectivity index (χ0) is 18.9. The number of rotatable bonds is 4. The maximum Gasteiger partial charge on any atom is 0.343 e. The first-order chi connectivity index (χ1) is 12.3. The second kappa shape index (κ2) is 6.96. The summed E-state index contributed by atoms with van der Waals surface area (Å²) in [4.78, 5) is 24.8. The lowest BCUT2D eigenvalue weighted by molar-refractivity contribution is -0.149. The Labute approximate surface area is 151 Å². The third kappa shape index (κ3) is 3.33. The number of likely N-dealkylation sites (tertiary alicyclic amines) is 1. The van der Waals surface area contributed by atoms with Gasteiger partial charge in [0.25, 0.3) is 5.91 Å². The Morgan fingerprint density at radius 3 is 2.35 bits per heavy atom. The molecule has 0 radical (unpaired) electrons. The lowest BCUT2D eigenvalue weighted by atomic mass is 10.1. The summed E-state index contributed by atoms with van der Waals surface area (Å²) in [6, 6.07) is 5.83. The number of alkyl halides is 1. The molecule has 1 aromatic rings. The van der Waals surface area contributed by atoms with Gasteiger partial charge in [-0.15, -0.1) is 0 Å². The van der Waals surface area contributed by atoms with Crippen LogP contribution in [0.1, 0.15) is 36.0 Å². The van der Waals surface area contributed by atoms with Crippen LogP contribution in [0, 0.1) is 0 Å². The average molecular weight is 384 g/mol. The molecule has 2 heterocycles. The zero-order valence-electron chi connectivity index (χ0n) is 14.2. The molecular weight excluding hydrogens is 363 g/mol. The molecule has 1 amide bonds. The van der Waals surface area contributed by atoms with Gasteiger partial charge in [-0.1, -0.05) is 18.6 Å². The van der Waals surface area contributed by atoms with Crippen molar-refractivity contribution in [2.45, 2.75) is 36.2 Å². The van der Waals surface area contributed by atoms with Crippen molar-refractivity contribution >= 4 is 21.9 Å². The molecule has 7 nitrogen and oxygen atoms in total. The van der Waals surface area contributed by atoms with Crippen LogP contribution in [0.5, 0.6) is 0 Å². The first-order valence-corrected chi connectivity index (χ1v) is 10.0. The molecule has 1 unspecified atom stereocenters. The SMILES string of the molecule is O=C(c1ccccc1S(=O)(=O)N1CCCCC1)N1CCC(F)(C(=O)O)C1. The van der Waals surface area contributed by atoms with Crippen LogP contribution in [-0.2, 0) is 14.8 Å². The minimum Gasteiger partial charge on any atom is -0.479 e. The van der Waals surface area contributed by atoms with Gasteiger partial charge in [0.05, 0.1) is 17.0 Å². The molecule has 1 aromatic carbocycles. The Morgan fingerprint density at radius 1 is 1.08 bits per heavy atom. The molecule has 2 aliphatic heterocycles. The quantitative estimate of drug-likeness (QED) is 0.849. The van der Waals surface area contributed by atoms with Gasteiger partial charge in [0.2, 0.25) is 15.7 Å². The number of carboxylic acid groups (broad SMARTS) is 1. The van der Waals surface area contributed by atoms with E-state index in [1.807, 2.05) is 0 Å². The summed E-state index contributed by atoms with van der Waals surface area (Å²) in [5.74, 6) is -2.27. The molecule has 0 saturated carbocycles. The number of benzene rings is 1. The van der Waals surface area contributed by atoms with Crippen molar-refractivity contribution in [2.24, 2.45) is 0 Å². The van der Waals surface area contributed by atoms with Gasteiger partial charge in [0.1, 0.15) is 0 Å². The van der Waals surface area contributed by atoms with E-state index in [0.29, 0.717) is 13.1 Å². The van der Waals surface area contributed by atoms with Gasteiger partial charge in [-0.3, -0.25) is 4.79 Å². The number of piperidine rings is 1. The number of carboxylic acids is 1. The van der Waals surface area contributed by atoms with E-state index in [4.69, 9.17) is 5.11 Å². The molecule has 1 N–H and O–H groups in total. The average Bonchev–Trinajstić information content (AvgIpc) is 3.05. The lowest BCUT2D eigenvalue weighted by Gasteiger charge is -2.27. The van der Waals surface area contributed by atoms with Crippen molar-refractivity contribution in [3.63, 3.8) is 0 Å². The normalized spacial score (nSPS) is 24.6. The summed E-state index contributed by atoms with van der Waals surface area (Å²) in [5, 5.41) is 8.98.